The number of aliphatic hydroxyl groups is 1. The minimum Gasteiger partial charge on any atom is -0.482 e. The van der Waals surface area contributed by atoms with Crippen LogP contribution in [-0.2, 0) is 0 Å². The zero-order valence-corrected chi connectivity index (χ0v) is 8.92. The highest BCUT2D eigenvalue weighted by atomic mass is 19.1. The van der Waals surface area contributed by atoms with E-state index in [9.17, 15) is 8.78 Å². The molecule has 0 bridgehead atoms. The average Bonchev–Trinajstić information content (AvgIpc) is 2.22. The minimum absolute atomic E-state index is 0.253. The van der Waals surface area contributed by atoms with Gasteiger partial charge in [-0.1, -0.05) is 0 Å². The molecule has 0 spiro atoms. The van der Waals surface area contributed by atoms with Crippen molar-refractivity contribution in [3.8, 4) is 11.8 Å². The molecule has 0 heterocycles. The molecular weight excluding hydrogens is 216 g/mol. The summed E-state index contributed by atoms with van der Waals surface area (Å²) in [4.78, 5) is 0. The first kappa shape index (κ1) is 12.4. The summed E-state index contributed by atoms with van der Waals surface area (Å²) in [6, 6.07) is 3.14. The monoisotopic (exact) mass is 227 g/mol. The summed E-state index contributed by atoms with van der Waals surface area (Å²) < 4.78 is 31.4. The van der Waals surface area contributed by atoms with Crippen LogP contribution in [0.5, 0.6) is 5.75 Å². The first-order chi connectivity index (χ1) is 7.39. The molecule has 86 valence electrons. The van der Waals surface area contributed by atoms with Crippen LogP contribution in [0.1, 0.15) is 19.4 Å². The van der Waals surface area contributed by atoms with Gasteiger partial charge in [0.25, 0.3) is 0 Å². The number of aliphatic hydroxyl groups excluding tert-OH is 1. The largest absolute Gasteiger partial charge is 0.482 e. The Balaban J connectivity index is 3.11. The SMILES string of the molecule is CC(C)(CO)Oc1cc(C#N)c(F)cc1F. The molecule has 0 atom stereocenters. The van der Waals surface area contributed by atoms with Crippen molar-refractivity contribution >= 4 is 0 Å². The Morgan fingerprint density at radius 1 is 1.38 bits per heavy atom. The van der Waals surface area contributed by atoms with Crippen molar-refractivity contribution < 1.29 is 18.6 Å². The van der Waals surface area contributed by atoms with Crippen molar-refractivity contribution in [2.45, 2.75) is 19.4 Å². The van der Waals surface area contributed by atoms with Crippen LogP contribution >= 0.6 is 0 Å². The molecule has 0 aromatic heterocycles. The van der Waals surface area contributed by atoms with Gasteiger partial charge < -0.3 is 9.84 Å². The molecule has 0 saturated carbocycles. The van der Waals surface area contributed by atoms with Crippen LogP contribution in [0.15, 0.2) is 12.1 Å². The van der Waals surface area contributed by atoms with E-state index in [1.807, 2.05) is 0 Å². The Bertz CT molecular complexity index is 438. The molecule has 0 aliphatic carbocycles. The van der Waals surface area contributed by atoms with Crippen LogP contribution in [0.25, 0.3) is 0 Å². The number of halogens is 2. The fourth-order valence-corrected chi connectivity index (χ4v) is 1.02. The van der Waals surface area contributed by atoms with E-state index in [0.717, 1.165) is 6.07 Å². The van der Waals surface area contributed by atoms with E-state index < -0.39 is 17.2 Å². The molecule has 0 saturated heterocycles. The molecule has 16 heavy (non-hydrogen) atoms. The minimum atomic E-state index is -0.995. The van der Waals surface area contributed by atoms with Crippen LogP contribution in [0, 0.1) is 23.0 Å². The molecule has 3 nitrogen and oxygen atoms in total. The highest BCUT2D eigenvalue weighted by molar-refractivity contribution is 5.39. The highest BCUT2D eigenvalue weighted by Gasteiger charge is 2.21. The molecule has 0 fully saturated rings. The van der Waals surface area contributed by atoms with Crippen LogP contribution in [0.3, 0.4) is 0 Å². The fraction of sp³-hybridized carbons (Fsp3) is 0.364. The smallest absolute Gasteiger partial charge is 0.168 e. The first-order valence-electron chi connectivity index (χ1n) is 4.58. The van der Waals surface area contributed by atoms with Crippen molar-refractivity contribution in [3.05, 3.63) is 29.3 Å². The Morgan fingerprint density at radius 2 is 2.00 bits per heavy atom. The van der Waals surface area contributed by atoms with Gasteiger partial charge in [-0.05, 0) is 13.8 Å². The third-order valence-corrected chi connectivity index (χ3v) is 1.91. The number of hydrogen-bond acceptors (Lipinski definition) is 3. The van der Waals surface area contributed by atoms with Crippen molar-refractivity contribution in [3.63, 3.8) is 0 Å². The topological polar surface area (TPSA) is 53.2 Å². The second kappa shape index (κ2) is 4.45. The van der Waals surface area contributed by atoms with Gasteiger partial charge in [-0.25, -0.2) is 8.78 Å². The van der Waals surface area contributed by atoms with E-state index in [0.29, 0.717) is 6.07 Å². The van der Waals surface area contributed by atoms with Gasteiger partial charge in [0.2, 0.25) is 0 Å². The summed E-state index contributed by atoms with van der Waals surface area (Å²) in [5, 5.41) is 17.5. The predicted molar refractivity (Wildman–Crippen MR) is 52.9 cm³/mol. The lowest BCUT2D eigenvalue weighted by molar-refractivity contribution is 0.0378. The third-order valence-electron chi connectivity index (χ3n) is 1.91. The average molecular weight is 227 g/mol. The van der Waals surface area contributed by atoms with Crippen molar-refractivity contribution in [2.24, 2.45) is 0 Å². The Kier molecular flexibility index (Phi) is 3.45. The van der Waals surface area contributed by atoms with Crippen molar-refractivity contribution in [1.82, 2.24) is 0 Å². The Labute approximate surface area is 91.9 Å². The number of rotatable bonds is 3. The van der Waals surface area contributed by atoms with Gasteiger partial charge in [0.15, 0.2) is 11.6 Å². The van der Waals surface area contributed by atoms with E-state index in [4.69, 9.17) is 15.1 Å². The highest BCUT2D eigenvalue weighted by Crippen LogP contribution is 2.25. The third kappa shape index (κ3) is 2.67. The van der Waals surface area contributed by atoms with E-state index in [2.05, 4.69) is 0 Å². The van der Waals surface area contributed by atoms with Crippen LogP contribution in [0.2, 0.25) is 0 Å². The molecule has 5 heteroatoms. The lowest BCUT2D eigenvalue weighted by Gasteiger charge is -2.24. The van der Waals surface area contributed by atoms with Gasteiger partial charge in [-0.3, -0.25) is 0 Å². The van der Waals surface area contributed by atoms with E-state index in [-0.39, 0.29) is 17.9 Å². The number of hydrogen-bond donors (Lipinski definition) is 1. The number of benzene rings is 1. The maximum Gasteiger partial charge on any atom is 0.168 e. The summed E-state index contributed by atoms with van der Waals surface area (Å²) >= 11 is 0. The standard InChI is InChI=1S/C11H11F2NO2/c1-11(2,6-15)16-10-3-7(5-14)8(12)4-9(10)13/h3-4,15H,6H2,1-2H3. The summed E-state index contributed by atoms with van der Waals surface area (Å²) in [6.07, 6.45) is 0. The molecule has 0 amide bonds. The molecule has 0 unspecified atom stereocenters. The van der Waals surface area contributed by atoms with E-state index >= 15 is 0 Å². The van der Waals surface area contributed by atoms with Crippen LogP contribution < -0.4 is 4.74 Å². The van der Waals surface area contributed by atoms with Gasteiger partial charge >= 0.3 is 0 Å². The first-order valence-corrected chi connectivity index (χ1v) is 4.58. The molecule has 1 aromatic carbocycles. The summed E-state index contributed by atoms with van der Waals surface area (Å²) in [5.41, 5.74) is -1.30. The number of nitrogens with zero attached hydrogens (tertiary/aromatic N) is 1. The molecule has 1 N–H and O–H groups in total. The van der Waals surface area contributed by atoms with Crippen LogP contribution in [0.4, 0.5) is 8.78 Å². The van der Waals surface area contributed by atoms with Gasteiger partial charge in [0.05, 0.1) is 12.2 Å². The van der Waals surface area contributed by atoms with Crippen molar-refractivity contribution in [2.75, 3.05) is 6.61 Å². The van der Waals surface area contributed by atoms with Gasteiger partial charge in [0, 0.05) is 12.1 Å². The van der Waals surface area contributed by atoms with Gasteiger partial charge in [-0.2, -0.15) is 5.26 Å². The zero-order valence-electron chi connectivity index (χ0n) is 8.92. The molecule has 0 radical (unpaired) electrons. The predicted octanol–water partition coefficient (Wildman–Crippen LogP) is 1.99. The Morgan fingerprint density at radius 3 is 2.50 bits per heavy atom. The van der Waals surface area contributed by atoms with Crippen LogP contribution in [-0.4, -0.2) is 17.3 Å². The molecule has 1 rings (SSSR count). The number of nitriles is 1. The normalized spacial score (nSPS) is 11.0. The lowest BCUT2D eigenvalue weighted by atomic mass is 10.1. The number of ether oxygens (including phenoxy) is 1. The fourth-order valence-electron chi connectivity index (χ4n) is 1.02. The molecule has 1 aromatic rings. The zero-order chi connectivity index (χ0) is 12.3. The molecule has 0 aliphatic heterocycles. The molecule has 0 aliphatic rings. The quantitative estimate of drug-likeness (QED) is 0.859. The van der Waals surface area contributed by atoms with E-state index in [1.54, 1.807) is 19.9 Å². The second-order valence-electron chi connectivity index (χ2n) is 3.89. The lowest BCUT2D eigenvalue weighted by Crippen LogP contribution is -2.32. The summed E-state index contributed by atoms with van der Waals surface area (Å²) in [6.45, 7) is 2.76. The second-order valence-corrected chi connectivity index (χ2v) is 3.89. The maximum atomic E-state index is 13.3. The van der Waals surface area contributed by atoms with Crippen molar-refractivity contribution in [1.29, 1.82) is 5.26 Å². The Hall–Kier alpha value is -1.67. The summed E-state index contributed by atoms with van der Waals surface area (Å²) in [5.74, 6) is -2.09. The van der Waals surface area contributed by atoms with Gasteiger partial charge in [-0.15, -0.1) is 0 Å². The van der Waals surface area contributed by atoms with Gasteiger partial charge in [0.1, 0.15) is 17.5 Å². The maximum absolute atomic E-state index is 13.3. The molecular formula is C11H11F2NO2. The summed E-state index contributed by atoms with van der Waals surface area (Å²) in [7, 11) is 0. The van der Waals surface area contributed by atoms with E-state index in [1.165, 1.54) is 0 Å².